The minimum atomic E-state index is -0.185. The highest BCUT2D eigenvalue weighted by Crippen LogP contribution is 2.29. The number of fused-ring (bicyclic) bond motifs is 1. The van der Waals surface area contributed by atoms with Crippen LogP contribution in [0.5, 0.6) is 0 Å². The molecule has 2 fully saturated rings. The van der Waals surface area contributed by atoms with Crippen molar-refractivity contribution in [2.75, 3.05) is 32.8 Å². The summed E-state index contributed by atoms with van der Waals surface area (Å²) in [5, 5.41) is 5.85. The van der Waals surface area contributed by atoms with Gasteiger partial charge in [-0.1, -0.05) is 0 Å². The Morgan fingerprint density at radius 3 is 2.59 bits per heavy atom. The molecule has 9 heteroatoms. The van der Waals surface area contributed by atoms with Gasteiger partial charge in [-0.25, -0.2) is 9.78 Å². The summed E-state index contributed by atoms with van der Waals surface area (Å²) in [5.74, 6) is 0.380. The lowest BCUT2D eigenvalue weighted by Gasteiger charge is -2.27. The van der Waals surface area contributed by atoms with Gasteiger partial charge in [0.2, 0.25) is 0 Å². The molecule has 0 radical (unpaired) electrons. The zero-order valence-corrected chi connectivity index (χ0v) is 19.9. The Balaban J connectivity index is 1.18. The van der Waals surface area contributed by atoms with Gasteiger partial charge in [0.15, 0.2) is 0 Å². The minimum absolute atomic E-state index is 0.00412. The van der Waals surface area contributed by atoms with E-state index in [4.69, 9.17) is 4.74 Å². The van der Waals surface area contributed by atoms with Crippen molar-refractivity contribution in [3.05, 3.63) is 30.1 Å². The Morgan fingerprint density at radius 2 is 1.85 bits per heavy atom. The number of hydrogen-bond acceptors (Lipinski definition) is 5. The first-order chi connectivity index (χ1) is 16.5. The van der Waals surface area contributed by atoms with Crippen molar-refractivity contribution >= 4 is 28.9 Å². The number of urea groups is 1. The van der Waals surface area contributed by atoms with E-state index in [1.165, 1.54) is 0 Å². The smallest absolute Gasteiger partial charge is 0.314 e. The van der Waals surface area contributed by atoms with Crippen molar-refractivity contribution in [3.8, 4) is 0 Å². The summed E-state index contributed by atoms with van der Waals surface area (Å²) >= 11 is 0. The van der Waals surface area contributed by atoms with Gasteiger partial charge in [0.1, 0.15) is 0 Å². The van der Waals surface area contributed by atoms with E-state index in [1.54, 1.807) is 6.33 Å². The summed E-state index contributed by atoms with van der Waals surface area (Å²) in [7, 11) is 0. The topological polar surface area (TPSA) is 106 Å². The zero-order valence-electron chi connectivity index (χ0n) is 19.9. The monoisotopic (exact) mass is 469 g/mol. The number of aromatic nitrogens is 2. The van der Waals surface area contributed by atoms with Crippen LogP contribution in [0.1, 0.15) is 55.8 Å². The van der Waals surface area contributed by atoms with Crippen LogP contribution in [0.4, 0.5) is 4.79 Å². The maximum Gasteiger partial charge on any atom is 0.314 e. The molecule has 2 aromatic rings. The molecule has 0 unspecified atom stereocenters. The van der Waals surface area contributed by atoms with Crippen LogP contribution in [0.3, 0.4) is 0 Å². The average Bonchev–Trinajstić information content (AvgIpc) is 3.53. The number of imidazole rings is 1. The fraction of sp³-hybridized carbons (Fsp3) is 0.600. The highest BCUT2D eigenvalue weighted by atomic mass is 16.5. The number of esters is 1. The largest absolute Gasteiger partial charge is 0.466 e. The molecule has 184 valence electrons. The standard InChI is InChI=1S/C25H35N5O4/c1-2-34-24(32)19-7-5-18(6-8-19)16-27-25(33)26-11-14-30-17-28-21-15-20(9-10-22(21)30)23(31)29-12-3-4-13-29/h9-10,15,17-19H,2-8,11-14,16H2,1H3,(H2,26,27,33). The average molecular weight is 470 g/mol. The quantitative estimate of drug-likeness (QED) is 0.579. The number of nitrogens with one attached hydrogen (secondary N) is 2. The number of nitrogens with zero attached hydrogens (tertiary/aromatic N) is 3. The summed E-state index contributed by atoms with van der Waals surface area (Å²) in [5.41, 5.74) is 2.40. The molecule has 2 N–H and O–H groups in total. The molecule has 1 saturated carbocycles. The van der Waals surface area contributed by atoms with E-state index < -0.39 is 0 Å². The van der Waals surface area contributed by atoms with Gasteiger partial charge in [0.05, 0.1) is 29.9 Å². The van der Waals surface area contributed by atoms with Crippen LogP contribution in [0.25, 0.3) is 11.0 Å². The van der Waals surface area contributed by atoms with Crippen LogP contribution >= 0.6 is 0 Å². The molecule has 0 atom stereocenters. The van der Waals surface area contributed by atoms with Crippen molar-refractivity contribution in [2.45, 2.75) is 52.0 Å². The Labute approximate surface area is 200 Å². The van der Waals surface area contributed by atoms with Gasteiger partial charge in [-0.15, -0.1) is 0 Å². The van der Waals surface area contributed by atoms with Gasteiger partial charge in [-0.3, -0.25) is 9.59 Å². The maximum absolute atomic E-state index is 12.6. The number of likely N-dealkylation sites (tertiary alicyclic amines) is 1. The molecule has 0 spiro atoms. The van der Waals surface area contributed by atoms with Gasteiger partial charge in [0.25, 0.3) is 5.91 Å². The van der Waals surface area contributed by atoms with Crippen LogP contribution < -0.4 is 10.6 Å². The van der Waals surface area contributed by atoms with E-state index in [0.717, 1.165) is 62.6 Å². The highest BCUT2D eigenvalue weighted by molar-refractivity contribution is 5.97. The maximum atomic E-state index is 12.6. The summed E-state index contributed by atoms with van der Waals surface area (Å²) < 4.78 is 7.09. The molecular formula is C25H35N5O4. The number of amides is 3. The number of ether oxygens (including phenoxy) is 1. The van der Waals surface area contributed by atoms with E-state index >= 15 is 0 Å². The molecule has 2 heterocycles. The summed E-state index contributed by atoms with van der Waals surface area (Å²) in [6, 6.07) is 5.45. The number of benzene rings is 1. The first kappa shape index (κ1) is 24.0. The van der Waals surface area contributed by atoms with Crippen molar-refractivity contribution in [2.24, 2.45) is 11.8 Å². The van der Waals surface area contributed by atoms with Crippen molar-refractivity contribution in [1.82, 2.24) is 25.1 Å². The van der Waals surface area contributed by atoms with Gasteiger partial charge < -0.3 is 24.8 Å². The van der Waals surface area contributed by atoms with Gasteiger partial charge >= 0.3 is 12.0 Å². The van der Waals surface area contributed by atoms with Crippen LogP contribution in [0, 0.1) is 11.8 Å². The number of rotatable bonds is 8. The fourth-order valence-corrected chi connectivity index (χ4v) is 4.93. The van der Waals surface area contributed by atoms with Crippen molar-refractivity contribution in [1.29, 1.82) is 0 Å². The normalized spacial score (nSPS) is 20.3. The summed E-state index contributed by atoms with van der Waals surface area (Å²) in [4.78, 5) is 43.0. The SMILES string of the molecule is CCOC(=O)C1CCC(CNC(=O)NCCn2cnc3cc(C(=O)N4CCCC4)ccc32)CC1. The van der Waals surface area contributed by atoms with Gasteiger partial charge in [0, 0.05) is 38.3 Å². The molecule has 3 amide bonds. The molecule has 34 heavy (non-hydrogen) atoms. The Kier molecular flexibility index (Phi) is 8.03. The second kappa shape index (κ2) is 11.4. The lowest BCUT2D eigenvalue weighted by Crippen LogP contribution is -2.40. The predicted octanol–water partition coefficient (Wildman–Crippen LogP) is 2.94. The van der Waals surface area contributed by atoms with E-state index in [0.29, 0.717) is 37.7 Å². The fourth-order valence-electron chi connectivity index (χ4n) is 4.93. The molecule has 1 saturated heterocycles. The molecule has 1 aliphatic carbocycles. The lowest BCUT2D eigenvalue weighted by atomic mass is 9.82. The molecule has 4 rings (SSSR count). The van der Waals surface area contributed by atoms with E-state index in [2.05, 4.69) is 15.6 Å². The first-order valence-corrected chi connectivity index (χ1v) is 12.5. The van der Waals surface area contributed by atoms with Gasteiger partial charge in [-0.2, -0.15) is 0 Å². The van der Waals surface area contributed by atoms with Crippen LogP contribution in [0.2, 0.25) is 0 Å². The molecule has 1 aliphatic heterocycles. The number of carbonyl (C=O) groups excluding carboxylic acids is 3. The van der Waals surface area contributed by atoms with Crippen LogP contribution in [0.15, 0.2) is 24.5 Å². The number of hydrogen-bond donors (Lipinski definition) is 2. The van der Waals surface area contributed by atoms with Crippen molar-refractivity contribution < 1.29 is 19.1 Å². The zero-order chi connectivity index (χ0) is 23.9. The van der Waals surface area contributed by atoms with E-state index in [9.17, 15) is 14.4 Å². The minimum Gasteiger partial charge on any atom is -0.466 e. The molecular weight excluding hydrogens is 434 g/mol. The third-order valence-corrected chi connectivity index (χ3v) is 6.92. The lowest BCUT2D eigenvalue weighted by molar-refractivity contribution is -0.149. The van der Waals surface area contributed by atoms with E-state index in [-0.39, 0.29) is 23.8 Å². The van der Waals surface area contributed by atoms with Crippen molar-refractivity contribution in [3.63, 3.8) is 0 Å². The molecule has 1 aromatic carbocycles. The Bertz CT molecular complexity index is 1010. The Hall–Kier alpha value is -3.10. The molecule has 0 bridgehead atoms. The third kappa shape index (κ3) is 5.87. The second-order valence-electron chi connectivity index (χ2n) is 9.25. The van der Waals surface area contributed by atoms with Gasteiger partial charge in [-0.05, 0) is 69.6 Å². The van der Waals surface area contributed by atoms with Crippen LogP contribution in [-0.4, -0.2) is 65.1 Å². The first-order valence-electron chi connectivity index (χ1n) is 12.5. The number of carbonyl (C=O) groups is 3. The summed E-state index contributed by atoms with van der Waals surface area (Å²) in [6.45, 7) is 5.59. The van der Waals surface area contributed by atoms with E-state index in [1.807, 2.05) is 34.6 Å². The second-order valence-corrected chi connectivity index (χ2v) is 9.25. The Morgan fingerprint density at radius 1 is 1.09 bits per heavy atom. The molecule has 2 aliphatic rings. The predicted molar refractivity (Wildman–Crippen MR) is 128 cm³/mol. The third-order valence-electron chi connectivity index (χ3n) is 6.92. The van der Waals surface area contributed by atoms with Crippen LogP contribution in [-0.2, 0) is 16.1 Å². The highest BCUT2D eigenvalue weighted by Gasteiger charge is 2.27. The molecule has 1 aromatic heterocycles. The molecule has 9 nitrogen and oxygen atoms in total. The summed E-state index contributed by atoms with van der Waals surface area (Å²) in [6.07, 6.45) is 7.38.